The molecule has 0 saturated carbocycles. The fraction of sp³-hybridized carbons (Fsp3) is 0.294. The number of aromatic nitrogens is 1. The molecule has 24 heavy (non-hydrogen) atoms. The Morgan fingerprint density at radius 1 is 1.17 bits per heavy atom. The molecule has 2 aromatic rings. The van der Waals surface area contributed by atoms with Crippen LogP contribution in [0.25, 0.3) is 0 Å². The molecule has 1 unspecified atom stereocenters. The Labute approximate surface area is 138 Å². The van der Waals surface area contributed by atoms with E-state index in [1.165, 1.54) is 12.1 Å². The number of pyridine rings is 1. The van der Waals surface area contributed by atoms with E-state index in [-0.39, 0.29) is 5.82 Å². The van der Waals surface area contributed by atoms with E-state index in [9.17, 15) is 4.39 Å². The maximum Gasteiger partial charge on any atom is 0.219 e. The lowest BCUT2D eigenvalue weighted by Gasteiger charge is -2.27. The smallest absolute Gasteiger partial charge is 0.219 e. The molecule has 4 rings (SSSR count). The minimum atomic E-state index is -0.628. The van der Waals surface area contributed by atoms with Crippen LogP contribution in [0.1, 0.15) is 18.4 Å². The number of hydrogen-bond acceptors (Lipinski definition) is 6. The average Bonchev–Trinajstić information content (AvgIpc) is 3.02. The highest BCUT2D eigenvalue weighted by Crippen LogP contribution is 2.28. The van der Waals surface area contributed by atoms with Gasteiger partial charge in [0.2, 0.25) is 11.6 Å². The SMILES string of the molecule is Fc1ccc(Oc2ccc(C3=NC4(CCCOC4)ON3)cn2)cc1. The third-order valence-corrected chi connectivity index (χ3v) is 3.88. The molecule has 2 aliphatic heterocycles. The monoisotopic (exact) mass is 329 g/mol. The van der Waals surface area contributed by atoms with E-state index in [4.69, 9.17) is 14.3 Å². The number of nitrogens with zero attached hydrogens (tertiary/aromatic N) is 2. The lowest BCUT2D eigenvalue weighted by molar-refractivity contribution is -0.131. The molecular formula is C17H16FN3O3. The molecule has 1 aromatic heterocycles. The fourth-order valence-electron chi connectivity index (χ4n) is 2.64. The second kappa shape index (κ2) is 6.18. The van der Waals surface area contributed by atoms with Gasteiger partial charge in [0.1, 0.15) is 11.6 Å². The minimum absolute atomic E-state index is 0.309. The topological polar surface area (TPSA) is 65.0 Å². The van der Waals surface area contributed by atoms with Gasteiger partial charge in [-0.2, -0.15) is 0 Å². The van der Waals surface area contributed by atoms with Crippen LogP contribution >= 0.6 is 0 Å². The molecule has 0 aliphatic carbocycles. The van der Waals surface area contributed by atoms with E-state index >= 15 is 0 Å². The largest absolute Gasteiger partial charge is 0.439 e. The number of nitrogens with one attached hydrogen (secondary N) is 1. The van der Waals surface area contributed by atoms with Gasteiger partial charge in [-0.15, -0.1) is 0 Å². The van der Waals surface area contributed by atoms with Crippen molar-refractivity contribution in [1.82, 2.24) is 10.5 Å². The maximum atomic E-state index is 12.9. The summed E-state index contributed by atoms with van der Waals surface area (Å²) < 4.78 is 23.9. The van der Waals surface area contributed by atoms with Crippen molar-refractivity contribution in [2.45, 2.75) is 18.6 Å². The first-order valence-corrected chi connectivity index (χ1v) is 7.74. The van der Waals surface area contributed by atoms with Gasteiger partial charge in [0.15, 0.2) is 5.84 Å². The molecule has 1 atom stereocenters. The summed E-state index contributed by atoms with van der Waals surface area (Å²) in [6.07, 6.45) is 3.39. The minimum Gasteiger partial charge on any atom is -0.439 e. The molecule has 7 heteroatoms. The highest BCUT2D eigenvalue weighted by atomic mass is 19.1. The summed E-state index contributed by atoms with van der Waals surface area (Å²) >= 11 is 0. The van der Waals surface area contributed by atoms with Crippen molar-refractivity contribution in [2.24, 2.45) is 4.99 Å². The lowest BCUT2D eigenvalue weighted by Crippen LogP contribution is -2.38. The van der Waals surface area contributed by atoms with E-state index < -0.39 is 5.72 Å². The summed E-state index contributed by atoms with van der Waals surface area (Å²) in [6, 6.07) is 9.34. The summed E-state index contributed by atoms with van der Waals surface area (Å²) in [4.78, 5) is 14.5. The van der Waals surface area contributed by atoms with Crippen LogP contribution in [0.15, 0.2) is 47.6 Å². The number of hydrogen-bond donors (Lipinski definition) is 1. The number of amidine groups is 1. The molecule has 6 nitrogen and oxygen atoms in total. The van der Waals surface area contributed by atoms with Crippen LogP contribution in [-0.2, 0) is 9.57 Å². The number of hydroxylamine groups is 1. The van der Waals surface area contributed by atoms with Crippen molar-refractivity contribution in [2.75, 3.05) is 13.2 Å². The summed E-state index contributed by atoms with van der Waals surface area (Å²) in [5.74, 6) is 1.26. The Balaban J connectivity index is 1.48. The van der Waals surface area contributed by atoms with Gasteiger partial charge in [-0.1, -0.05) is 0 Å². The normalized spacial score (nSPS) is 23.0. The first-order valence-electron chi connectivity index (χ1n) is 7.74. The van der Waals surface area contributed by atoms with Gasteiger partial charge >= 0.3 is 0 Å². The number of ether oxygens (including phenoxy) is 2. The summed E-state index contributed by atoms with van der Waals surface area (Å²) in [5.41, 5.74) is 3.02. The van der Waals surface area contributed by atoms with E-state index in [1.54, 1.807) is 24.4 Å². The average molecular weight is 329 g/mol. The molecule has 3 heterocycles. The summed E-state index contributed by atoms with van der Waals surface area (Å²) in [5, 5.41) is 0. The van der Waals surface area contributed by atoms with E-state index in [0.717, 1.165) is 25.0 Å². The fourth-order valence-corrected chi connectivity index (χ4v) is 2.64. The Morgan fingerprint density at radius 3 is 2.75 bits per heavy atom. The van der Waals surface area contributed by atoms with Crippen molar-refractivity contribution in [3.63, 3.8) is 0 Å². The molecule has 1 fully saturated rings. The molecule has 0 radical (unpaired) electrons. The molecular weight excluding hydrogens is 313 g/mol. The van der Waals surface area contributed by atoms with Gasteiger partial charge < -0.3 is 9.47 Å². The predicted molar refractivity (Wildman–Crippen MR) is 84.3 cm³/mol. The van der Waals surface area contributed by atoms with Crippen LogP contribution in [0.5, 0.6) is 11.6 Å². The van der Waals surface area contributed by atoms with E-state index in [1.807, 2.05) is 6.07 Å². The Kier molecular flexibility index (Phi) is 3.87. The number of aliphatic imine (C=N–C) groups is 1. The summed E-state index contributed by atoms with van der Waals surface area (Å²) in [6.45, 7) is 1.19. The zero-order chi connectivity index (χ0) is 16.4. The highest BCUT2D eigenvalue weighted by molar-refractivity contribution is 5.98. The van der Waals surface area contributed by atoms with Gasteiger partial charge in [-0.3, -0.25) is 0 Å². The Hall–Kier alpha value is -2.51. The third kappa shape index (κ3) is 3.08. The number of benzene rings is 1. The van der Waals surface area contributed by atoms with E-state index in [0.29, 0.717) is 24.1 Å². The molecule has 2 aliphatic rings. The highest BCUT2D eigenvalue weighted by Gasteiger charge is 2.39. The molecule has 1 N–H and O–H groups in total. The van der Waals surface area contributed by atoms with Gasteiger partial charge in [0.05, 0.1) is 6.61 Å². The quantitative estimate of drug-likeness (QED) is 0.938. The van der Waals surface area contributed by atoms with Gasteiger partial charge in [0.25, 0.3) is 0 Å². The van der Waals surface area contributed by atoms with Crippen molar-refractivity contribution < 1.29 is 18.7 Å². The molecule has 1 aromatic carbocycles. The van der Waals surface area contributed by atoms with Crippen LogP contribution in [0.2, 0.25) is 0 Å². The van der Waals surface area contributed by atoms with Crippen LogP contribution in [0, 0.1) is 5.82 Å². The maximum absolute atomic E-state index is 12.9. The van der Waals surface area contributed by atoms with Gasteiger partial charge in [-0.05, 0) is 36.8 Å². The zero-order valence-corrected chi connectivity index (χ0v) is 12.9. The first kappa shape index (κ1) is 15.0. The van der Waals surface area contributed by atoms with Crippen molar-refractivity contribution in [1.29, 1.82) is 0 Å². The van der Waals surface area contributed by atoms with Crippen LogP contribution < -0.4 is 10.2 Å². The molecule has 1 spiro atoms. The second-order valence-electron chi connectivity index (χ2n) is 5.71. The Bertz CT molecular complexity index is 741. The first-order chi connectivity index (χ1) is 11.7. The van der Waals surface area contributed by atoms with Crippen molar-refractivity contribution in [3.05, 3.63) is 54.0 Å². The third-order valence-electron chi connectivity index (χ3n) is 3.88. The predicted octanol–water partition coefficient (Wildman–Crippen LogP) is 2.80. The standard InChI is InChI=1S/C17H16FN3O3/c18-13-3-5-14(6-4-13)23-15-7-2-12(10-19-15)16-20-17(24-21-16)8-1-9-22-11-17/h2-7,10H,1,8-9,11H2,(H,20,21). The summed E-state index contributed by atoms with van der Waals surface area (Å²) in [7, 11) is 0. The zero-order valence-electron chi connectivity index (χ0n) is 12.9. The van der Waals surface area contributed by atoms with E-state index in [2.05, 4.69) is 15.5 Å². The van der Waals surface area contributed by atoms with Crippen molar-refractivity contribution in [3.8, 4) is 11.6 Å². The van der Waals surface area contributed by atoms with Crippen LogP contribution in [0.3, 0.4) is 0 Å². The number of rotatable bonds is 3. The van der Waals surface area contributed by atoms with Gasteiger partial charge in [0, 0.05) is 30.9 Å². The van der Waals surface area contributed by atoms with Gasteiger partial charge in [-0.25, -0.2) is 24.7 Å². The molecule has 124 valence electrons. The number of halogens is 1. The molecule has 0 bridgehead atoms. The van der Waals surface area contributed by atoms with Crippen LogP contribution in [-0.4, -0.2) is 29.8 Å². The molecule has 0 amide bonds. The van der Waals surface area contributed by atoms with Crippen molar-refractivity contribution >= 4 is 5.84 Å². The molecule has 1 saturated heterocycles. The Morgan fingerprint density at radius 2 is 2.04 bits per heavy atom. The lowest BCUT2D eigenvalue weighted by atomic mass is 10.1. The van der Waals surface area contributed by atoms with Crippen LogP contribution in [0.4, 0.5) is 4.39 Å². The second-order valence-corrected chi connectivity index (χ2v) is 5.71.